The van der Waals surface area contributed by atoms with Gasteiger partial charge in [0, 0.05) is 38.6 Å². The number of benzene rings is 7. The highest BCUT2D eigenvalue weighted by Crippen LogP contribution is 2.34. The molecule has 0 fully saturated rings. The van der Waals surface area contributed by atoms with Gasteiger partial charge in [-0.25, -0.2) is 19.9 Å². The fraction of sp³-hybridized carbons (Fsp3) is 0. The molecule has 0 aliphatic carbocycles. The highest BCUT2D eigenvalue weighted by atomic mass is 15.2. The molecular formula is C48H31N7. The number of hydrogen-bond acceptors (Lipinski definition) is 6. The van der Waals surface area contributed by atoms with Crippen molar-refractivity contribution in [1.82, 2.24) is 34.5 Å². The molecule has 0 saturated carbocycles. The lowest BCUT2D eigenvalue weighted by Crippen LogP contribution is -2.06. The highest BCUT2D eigenvalue weighted by molar-refractivity contribution is 6.09. The van der Waals surface area contributed by atoms with Gasteiger partial charge in [-0.3, -0.25) is 4.57 Å². The second-order valence-electron chi connectivity index (χ2n) is 13.2. The van der Waals surface area contributed by atoms with E-state index in [1.807, 2.05) is 109 Å². The first kappa shape index (κ1) is 32.0. The van der Waals surface area contributed by atoms with Gasteiger partial charge in [-0.05, 0) is 35.4 Å². The molecule has 0 unspecified atom stereocenters. The average molecular weight is 706 g/mol. The summed E-state index contributed by atoms with van der Waals surface area (Å²) in [6.07, 6.45) is 0. The summed E-state index contributed by atoms with van der Waals surface area (Å²) in [5.74, 6) is 3.60. The molecule has 55 heavy (non-hydrogen) atoms. The van der Waals surface area contributed by atoms with Crippen LogP contribution in [-0.4, -0.2) is 34.5 Å². The molecule has 10 rings (SSSR count). The van der Waals surface area contributed by atoms with Crippen molar-refractivity contribution in [1.29, 1.82) is 0 Å². The van der Waals surface area contributed by atoms with Gasteiger partial charge in [0.25, 0.3) is 0 Å². The van der Waals surface area contributed by atoms with Gasteiger partial charge in [-0.15, -0.1) is 0 Å². The van der Waals surface area contributed by atoms with Crippen LogP contribution in [0.2, 0.25) is 0 Å². The molecule has 7 nitrogen and oxygen atoms in total. The maximum absolute atomic E-state index is 5.16. The molecule has 7 aromatic carbocycles. The van der Waals surface area contributed by atoms with Crippen LogP contribution in [0.3, 0.4) is 0 Å². The van der Waals surface area contributed by atoms with E-state index in [1.54, 1.807) is 0 Å². The molecule has 10 aromatic rings. The summed E-state index contributed by atoms with van der Waals surface area (Å²) in [5.41, 5.74) is 8.65. The minimum Gasteiger partial charge on any atom is -0.278 e. The molecule has 0 radical (unpaired) electrons. The summed E-state index contributed by atoms with van der Waals surface area (Å²) in [6, 6.07) is 63.6. The Bertz CT molecular complexity index is 2870. The number of nitrogens with zero attached hydrogens (tertiary/aromatic N) is 7. The minimum absolute atomic E-state index is 0.562. The monoisotopic (exact) mass is 705 g/mol. The topological polar surface area (TPSA) is 82.3 Å². The van der Waals surface area contributed by atoms with Crippen LogP contribution in [0.4, 0.5) is 0 Å². The second kappa shape index (κ2) is 13.7. The third-order valence-electron chi connectivity index (χ3n) is 9.71. The van der Waals surface area contributed by atoms with E-state index in [4.69, 9.17) is 29.9 Å². The molecule has 258 valence electrons. The van der Waals surface area contributed by atoms with Gasteiger partial charge in [0.2, 0.25) is 5.95 Å². The molecule has 0 bridgehead atoms. The number of hydrogen-bond donors (Lipinski definition) is 0. The van der Waals surface area contributed by atoms with E-state index in [-0.39, 0.29) is 0 Å². The first-order chi connectivity index (χ1) is 27.2. The predicted molar refractivity (Wildman–Crippen MR) is 220 cm³/mol. The molecule has 0 amide bonds. The molecular weight excluding hydrogens is 675 g/mol. The van der Waals surface area contributed by atoms with Gasteiger partial charge in [0.15, 0.2) is 29.1 Å². The Morgan fingerprint density at radius 2 is 0.564 bits per heavy atom. The van der Waals surface area contributed by atoms with Gasteiger partial charge in [0.05, 0.1) is 11.0 Å². The van der Waals surface area contributed by atoms with E-state index < -0.39 is 0 Å². The smallest absolute Gasteiger partial charge is 0.238 e. The van der Waals surface area contributed by atoms with Crippen LogP contribution < -0.4 is 0 Å². The van der Waals surface area contributed by atoms with Crippen molar-refractivity contribution in [3.05, 3.63) is 188 Å². The van der Waals surface area contributed by atoms with Gasteiger partial charge in [0.1, 0.15) is 0 Å². The summed E-state index contributed by atoms with van der Waals surface area (Å²) >= 11 is 0. The molecule has 7 heteroatoms. The van der Waals surface area contributed by atoms with Gasteiger partial charge < -0.3 is 0 Å². The normalized spacial score (nSPS) is 11.3. The van der Waals surface area contributed by atoms with Crippen LogP contribution in [0.15, 0.2) is 188 Å². The molecule has 0 saturated heterocycles. The van der Waals surface area contributed by atoms with Crippen molar-refractivity contribution in [2.75, 3.05) is 0 Å². The molecule has 0 N–H and O–H groups in total. The van der Waals surface area contributed by atoms with Crippen LogP contribution >= 0.6 is 0 Å². The van der Waals surface area contributed by atoms with Crippen molar-refractivity contribution >= 4 is 21.8 Å². The minimum atomic E-state index is 0.562. The van der Waals surface area contributed by atoms with Crippen LogP contribution in [0.5, 0.6) is 0 Å². The van der Waals surface area contributed by atoms with Crippen molar-refractivity contribution in [2.24, 2.45) is 0 Å². The summed E-state index contributed by atoms with van der Waals surface area (Å²) in [4.78, 5) is 30.1. The standard InChI is InChI=1S/C48H31N7/c1-4-16-32(17-5-1)43-49-44(33-18-6-2-7-19-33)51-46(50-43)37-24-14-22-35(30-37)36-23-15-25-38(31-36)47-52-45(34-20-8-3-9-21-34)53-48(54-47)55-41-28-12-10-26-39(41)40-27-11-13-29-42(40)55/h1-31H. The first-order valence-electron chi connectivity index (χ1n) is 18.1. The van der Waals surface area contributed by atoms with Crippen LogP contribution in [0.1, 0.15) is 0 Å². The average Bonchev–Trinajstić information content (AvgIpc) is 3.61. The Hall–Kier alpha value is -7.64. The maximum atomic E-state index is 5.16. The maximum Gasteiger partial charge on any atom is 0.238 e. The van der Waals surface area contributed by atoms with Gasteiger partial charge in [-0.1, -0.05) is 164 Å². The highest BCUT2D eigenvalue weighted by Gasteiger charge is 2.18. The third-order valence-corrected chi connectivity index (χ3v) is 9.71. The Morgan fingerprint density at radius 1 is 0.255 bits per heavy atom. The van der Waals surface area contributed by atoms with Crippen molar-refractivity contribution < 1.29 is 0 Å². The molecule has 3 heterocycles. The van der Waals surface area contributed by atoms with Crippen molar-refractivity contribution in [3.8, 4) is 74.0 Å². The summed E-state index contributed by atoms with van der Waals surface area (Å²) in [5, 5.41) is 2.29. The molecule has 0 spiro atoms. The summed E-state index contributed by atoms with van der Waals surface area (Å²) in [6.45, 7) is 0. The Balaban J connectivity index is 1.09. The number of fused-ring (bicyclic) bond motifs is 3. The van der Waals surface area contributed by atoms with Crippen molar-refractivity contribution in [3.63, 3.8) is 0 Å². The van der Waals surface area contributed by atoms with Gasteiger partial charge in [-0.2, -0.15) is 9.97 Å². The van der Waals surface area contributed by atoms with E-state index in [0.717, 1.165) is 60.8 Å². The zero-order valence-electron chi connectivity index (χ0n) is 29.5. The quantitative estimate of drug-likeness (QED) is 0.164. The second-order valence-corrected chi connectivity index (χ2v) is 13.2. The zero-order chi connectivity index (χ0) is 36.6. The van der Waals surface area contributed by atoms with E-state index in [1.165, 1.54) is 0 Å². The summed E-state index contributed by atoms with van der Waals surface area (Å²) < 4.78 is 2.14. The number of rotatable bonds is 7. The predicted octanol–water partition coefficient (Wildman–Crippen LogP) is 11.2. The van der Waals surface area contributed by atoms with Crippen LogP contribution in [-0.2, 0) is 0 Å². The van der Waals surface area contributed by atoms with Crippen molar-refractivity contribution in [2.45, 2.75) is 0 Å². The number of para-hydroxylation sites is 2. The lowest BCUT2D eigenvalue weighted by atomic mass is 10.0. The zero-order valence-corrected chi connectivity index (χ0v) is 29.5. The first-order valence-corrected chi connectivity index (χ1v) is 18.1. The van der Waals surface area contributed by atoms with E-state index in [0.29, 0.717) is 35.1 Å². The Kier molecular flexibility index (Phi) is 8.00. The molecule has 0 atom stereocenters. The van der Waals surface area contributed by atoms with E-state index in [9.17, 15) is 0 Å². The molecule has 3 aromatic heterocycles. The molecule has 0 aliphatic rings. The Labute approximate surface area is 317 Å². The fourth-order valence-electron chi connectivity index (χ4n) is 7.06. The SMILES string of the molecule is c1ccc(-c2nc(-c3ccccc3)nc(-c3cccc(-c4cccc(-c5nc(-c6ccccc6)nc(-n6c7ccccc7c7ccccc76)n5)c4)c3)n2)cc1. The molecule has 0 aliphatic heterocycles. The third kappa shape index (κ3) is 6.09. The van der Waals surface area contributed by atoms with E-state index in [2.05, 4.69) is 83.4 Å². The van der Waals surface area contributed by atoms with Crippen LogP contribution in [0, 0.1) is 0 Å². The van der Waals surface area contributed by atoms with Crippen LogP contribution in [0.25, 0.3) is 95.8 Å². The van der Waals surface area contributed by atoms with E-state index >= 15 is 0 Å². The lowest BCUT2D eigenvalue weighted by molar-refractivity contribution is 0.953. The summed E-state index contributed by atoms with van der Waals surface area (Å²) in [7, 11) is 0. The Morgan fingerprint density at radius 3 is 1.00 bits per heavy atom. The largest absolute Gasteiger partial charge is 0.278 e. The number of aromatic nitrogens is 7. The lowest BCUT2D eigenvalue weighted by Gasteiger charge is -2.12. The van der Waals surface area contributed by atoms with Gasteiger partial charge >= 0.3 is 0 Å². The fourth-order valence-corrected chi connectivity index (χ4v) is 7.06.